The van der Waals surface area contributed by atoms with Crippen molar-refractivity contribution in [2.45, 2.75) is 33.2 Å². The summed E-state index contributed by atoms with van der Waals surface area (Å²) < 4.78 is 31.3. The normalized spacial score (nSPS) is 12.5. The predicted octanol–water partition coefficient (Wildman–Crippen LogP) is 4.16. The van der Waals surface area contributed by atoms with E-state index in [4.69, 9.17) is 4.42 Å². The molecule has 0 saturated carbocycles. The zero-order valence-electron chi connectivity index (χ0n) is 17.0. The van der Waals surface area contributed by atoms with Gasteiger partial charge in [-0.15, -0.1) is 0 Å². The van der Waals surface area contributed by atoms with Crippen molar-refractivity contribution in [1.82, 2.24) is 14.6 Å². The van der Waals surface area contributed by atoms with Crippen LogP contribution < -0.4 is 5.32 Å². The van der Waals surface area contributed by atoms with Gasteiger partial charge in [0.15, 0.2) is 0 Å². The fraction of sp³-hybridized carbons (Fsp3) is 0.333. The Morgan fingerprint density at radius 3 is 2.63 bits per heavy atom. The molecule has 30 heavy (non-hydrogen) atoms. The van der Waals surface area contributed by atoms with Crippen molar-refractivity contribution in [3.8, 4) is 11.3 Å². The van der Waals surface area contributed by atoms with E-state index in [1.54, 1.807) is 7.05 Å². The minimum atomic E-state index is -2.34. The smallest absolute Gasteiger partial charge is 0.255 e. The number of hydrogen-bond acceptors (Lipinski definition) is 5. The summed E-state index contributed by atoms with van der Waals surface area (Å²) in [6.07, 6.45) is 1.66. The molecule has 0 aliphatic rings. The highest BCUT2D eigenvalue weighted by Crippen LogP contribution is 2.34. The molecule has 0 aliphatic heterocycles. The molecule has 160 valence electrons. The van der Waals surface area contributed by atoms with Crippen LogP contribution in [0.3, 0.4) is 0 Å². The van der Waals surface area contributed by atoms with Gasteiger partial charge in [0.2, 0.25) is 5.71 Å². The van der Waals surface area contributed by atoms with E-state index in [-0.39, 0.29) is 12.5 Å². The lowest BCUT2D eigenvalue weighted by Crippen LogP contribution is -2.27. The molecule has 0 saturated heterocycles. The molecule has 1 N–H and O–H groups in total. The molecule has 1 unspecified atom stereocenters. The van der Waals surface area contributed by atoms with Crippen LogP contribution in [0.25, 0.3) is 22.4 Å². The number of unbranched alkanes of at least 4 members (excludes halogenated alkanes) is 1. The molecule has 1 atom stereocenters. The fourth-order valence-electron chi connectivity index (χ4n) is 3.11. The first-order chi connectivity index (χ1) is 14.3. The van der Waals surface area contributed by atoms with Gasteiger partial charge in [-0.2, -0.15) is 0 Å². The lowest BCUT2D eigenvalue weighted by Gasteiger charge is -2.23. The van der Waals surface area contributed by atoms with E-state index < -0.39 is 11.3 Å². The molecule has 0 fully saturated rings. The molecule has 1 aromatic carbocycles. The number of benzene rings is 1. The van der Waals surface area contributed by atoms with Gasteiger partial charge < -0.3 is 14.3 Å². The summed E-state index contributed by atoms with van der Waals surface area (Å²) in [4.78, 5) is 17.2. The Balaban J connectivity index is 2.10. The van der Waals surface area contributed by atoms with Crippen LogP contribution in [0.15, 0.2) is 34.7 Å². The number of nitrogens with zero attached hydrogens (tertiary/aromatic N) is 2. The standard InChI is InChI=1S/C21H24IN3O4S/c1-4-5-10-25(30(27)28)12-17-16(22)11-15-18(20(26)23-3)19(29-21(15)24-17)14-8-6-13(2)7-9-14/h6-9,11H,4-5,10,12H2,1-3H3,(H,23,26)(H,27,28)/p-1. The highest BCUT2D eigenvalue weighted by molar-refractivity contribution is 14.1. The predicted molar refractivity (Wildman–Crippen MR) is 125 cm³/mol. The molecule has 0 bridgehead atoms. The minimum absolute atomic E-state index is 0.153. The van der Waals surface area contributed by atoms with Crippen LogP contribution in [0.4, 0.5) is 0 Å². The Hall–Kier alpha value is -1.82. The third kappa shape index (κ3) is 4.90. The van der Waals surface area contributed by atoms with E-state index in [1.165, 1.54) is 4.31 Å². The van der Waals surface area contributed by atoms with Crippen LogP contribution in [0.2, 0.25) is 0 Å². The van der Waals surface area contributed by atoms with E-state index in [9.17, 15) is 13.6 Å². The first kappa shape index (κ1) is 22.9. The largest absolute Gasteiger partial charge is 0.760 e. The Bertz CT molecular complexity index is 1080. The van der Waals surface area contributed by atoms with Gasteiger partial charge in [-0.25, -0.2) is 9.29 Å². The van der Waals surface area contributed by atoms with Gasteiger partial charge in [-0.3, -0.25) is 9.00 Å². The molecule has 3 aromatic rings. The van der Waals surface area contributed by atoms with Gasteiger partial charge >= 0.3 is 0 Å². The maximum absolute atomic E-state index is 12.6. The number of carbonyl (C=O) groups excluding carboxylic acids is 1. The van der Waals surface area contributed by atoms with E-state index in [0.717, 1.165) is 27.5 Å². The molecule has 9 heteroatoms. The summed E-state index contributed by atoms with van der Waals surface area (Å²) in [6, 6.07) is 9.54. The number of halogens is 1. The summed E-state index contributed by atoms with van der Waals surface area (Å²) in [5.41, 5.74) is 3.20. The number of hydrogen-bond donors (Lipinski definition) is 1. The molecule has 0 radical (unpaired) electrons. The third-order valence-electron chi connectivity index (χ3n) is 4.77. The highest BCUT2D eigenvalue weighted by Gasteiger charge is 2.24. The van der Waals surface area contributed by atoms with E-state index >= 15 is 0 Å². The van der Waals surface area contributed by atoms with Crippen LogP contribution in [0.1, 0.15) is 41.4 Å². The summed E-state index contributed by atoms with van der Waals surface area (Å²) in [7, 11) is 1.57. The fourth-order valence-corrected chi connectivity index (χ4v) is 4.22. The van der Waals surface area contributed by atoms with Crippen molar-refractivity contribution in [2.24, 2.45) is 0 Å². The number of pyridine rings is 1. The van der Waals surface area contributed by atoms with E-state index in [2.05, 4.69) is 32.9 Å². The highest BCUT2D eigenvalue weighted by atomic mass is 127. The van der Waals surface area contributed by atoms with Crippen molar-refractivity contribution < 1.29 is 18.0 Å². The number of aryl methyl sites for hydroxylation is 1. The monoisotopic (exact) mass is 540 g/mol. The Morgan fingerprint density at radius 2 is 2.03 bits per heavy atom. The number of rotatable bonds is 8. The zero-order chi connectivity index (χ0) is 21.8. The summed E-state index contributed by atoms with van der Waals surface area (Å²) in [6.45, 7) is 4.58. The molecule has 0 spiro atoms. The van der Waals surface area contributed by atoms with Gasteiger partial charge in [0.25, 0.3) is 5.91 Å². The Morgan fingerprint density at radius 1 is 1.33 bits per heavy atom. The van der Waals surface area contributed by atoms with Crippen LogP contribution in [0, 0.1) is 10.5 Å². The molecule has 7 nitrogen and oxygen atoms in total. The lowest BCUT2D eigenvalue weighted by atomic mass is 10.0. The van der Waals surface area contributed by atoms with E-state index in [0.29, 0.717) is 34.7 Å². The van der Waals surface area contributed by atoms with Crippen molar-refractivity contribution in [1.29, 1.82) is 0 Å². The topological polar surface area (TPSA) is 98.5 Å². The Kier molecular flexibility index (Phi) is 7.61. The molecule has 2 heterocycles. The van der Waals surface area contributed by atoms with E-state index in [1.807, 2.05) is 44.2 Å². The summed E-state index contributed by atoms with van der Waals surface area (Å²) in [5.74, 6) is 0.181. The van der Waals surface area contributed by atoms with Crippen LogP contribution in [-0.4, -0.2) is 37.6 Å². The van der Waals surface area contributed by atoms with Crippen LogP contribution in [-0.2, 0) is 17.8 Å². The van der Waals surface area contributed by atoms with Crippen molar-refractivity contribution in [3.63, 3.8) is 0 Å². The average Bonchev–Trinajstić information content (AvgIpc) is 3.08. The molecular weight excluding hydrogens is 517 g/mol. The van der Waals surface area contributed by atoms with Gasteiger partial charge in [-0.05, 0) is 42.0 Å². The summed E-state index contributed by atoms with van der Waals surface area (Å²) in [5, 5.41) is 3.27. The molecule has 2 aromatic heterocycles. The number of fused-ring (bicyclic) bond motifs is 1. The van der Waals surface area contributed by atoms with Crippen molar-refractivity contribution >= 4 is 50.9 Å². The lowest BCUT2D eigenvalue weighted by molar-refractivity contribution is 0.0964. The van der Waals surface area contributed by atoms with Gasteiger partial charge in [0.05, 0.1) is 23.2 Å². The first-order valence-corrected chi connectivity index (χ1v) is 11.7. The number of amides is 1. The summed E-state index contributed by atoms with van der Waals surface area (Å²) >= 11 is -0.222. The van der Waals surface area contributed by atoms with Crippen molar-refractivity contribution in [3.05, 3.63) is 50.7 Å². The first-order valence-electron chi connectivity index (χ1n) is 9.61. The third-order valence-corrected chi connectivity index (χ3v) is 6.44. The molecule has 1 amide bonds. The number of nitrogens with one attached hydrogen (secondary N) is 1. The zero-order valence-corrected chi connectivity index (χ0v) is 20.0. The van der Waals surface area contributed by atoms with Crippen LogP contribution >= 0.6 is 22.6 Å². The number of carbonyl (C=O) groups is 1. The average molecular weight is 540 g/mol. The minimum Gasteiger partial charge on any atom is -0.760 e. The second-order valence-electron chi connectivity index (χ2n) is 6.96. The second-order valence-corrected chi connectivity index (χ2v) is 9.07. The van der Waals surface area contributed by atoms with Crippen molar-refractivity contribution in [2.75, 3.05) is 13.6 Å². The van der Waals surface area contributed by atoms with Gasteiger partial charge in [0.1, 0.15) is 5.76 Å². The Labute approximate surface area is 191 Å². The maximum atomic E-state index is 12.6. The van der Waals surface area contributed by atoms with Crippen LogP contribution in [0.5, 0.6) is 0 Å². The SMILES string of the molecule is CCCCN(Cc1nc2oc(-c3ccc(C)cc3)c(C(=O)NC)c2cc1I)S(=O)[O-]. The van der Waals surface area contributed by atoms with Gasteiger partial charge in [-0.1, -0.05) is 43.2 Å². The second kappa shape index (κ2) is 9.99. The van der Waals surface area contributed by atoms with Gasteiger partial charge in [0, 0.05) is 34.0 Å². The quantitative estimate of drug-likeness (QED) is 0.342. The number of aromatic nitrogens is 1. The molecule has 0 aliphatic carbocycles. The number of furan rings is 1. The maximum Gasteiger partial charge on any atom is 0.255 e. The molecule has 3 rings (SSSR count). The molecular formula is C21H23IN3O4S-.